The lowest BCUT2D eigenvalue weighted by Gasteiger charge is -2.09. The second-order valence-electron chi connectivity index (χ2n) is 4.44. The van der Waals surface area contributed by atoms with Crippen LogP contribution in [0.15, 0.2) is 67.1 Å². The van der Waals surface area contributed by atoms with E-state index in [-0.39, 0.29) is 0 Å². The van der Waals surface area contributed by atoms with E-state index < -0.39 is 0 Å². The van der Waals surface area contributed by atoms with Crippen molar-refractivity contribution < 1.29 is 4.74 Å². The Morgan fingerprint density at radius 3 is 2.45 bits per heavy atom. The standard InChI is InChI=1S/C17H16N2O/c1-2-20-16-10-8-14(9-11-16)17-12-18-13-19(17)15-6-4-3-5-7-15/h3-13H,2H2,1H3. The molecule has 1 aromatic heterocycles. The summed E-state index contributed by atoms with van der Waals surface area (Å²) in [5.74, 6) is 0.891. The van der Waals surface area contributed by atoms with E-state index in [4.69, 9.17) is 4.74 Å². The average molecular weight is 264 g/mol. The Kier molecular flexibility index (Phi) is 3.50. The van der Waals surface area contributed by atoms with Gasteiger partial charge in [-0.25, -0.2) is 4.98 Å². The highest BCUT2D eigenvalue weighted by Crippen LogP contribution is 2.24. The third-order valence-electron chi connectivity index (χ3n) is 3.13. The molecule has 3 aromatic rings. The molecule has 1 heterocycles. The van der Waals surface area contributed by atoms with Crippen molar-refractivity contribution in [3.8, 4) is 22.7 Å². The molecule has 3 nitrogen and oxygen atoms in total. The molecule has 0 saturated carbocycles. The van der Waals surface area contributed by atoms with Gasteiger partial charge in [-0.15, -0.1) is 0 Å². The molecule has 20 heavy (non-hydrogen) atoms. The number of rotatable bonds is 4. The molecule has 0 bridgehead atoms. The Labute approximate surface area is 118 Å². The second-order valence-corrected chi connectivity index (χ2v) is 4.44. The number of benzene rings is 2. The van der Waals surface area contributed by atoms with Crippen molar-refractivity contribution in [1.29, 1.82) is 0 Å². The highest BCUT2D eigenvalue weighted by atomic mass is 16.5. The van der Waals surface area contributed by atoms with Crippen LogP contribution in [0.1, 0.15) is 6.92 Å². The summed E-state index contributed by atoms with van der Waals surface area (Å²) in [4.78, 5) is 4.27. The fraction of sp³-hybridized carbons (Fsp3) is 0.118. The van der Waals surface area contributed by atoms with Crippen LogP contribution in [-0.2, 0) is 0 Å². The lowest BCUT2D eigenvalue weighted by Crippen LogP contribution is -1.95. The minimum absolute atomic E-state index is 0.682. The first-order valence-electron chi connectivity index (χ1n) is 6.69. The Morgan fingerprint density at radius 2 is 1.75 bits per heavy atom. The van der Waals surface area contributed by atoms with Crippen LogP contribution in [0.3, 0.4) is 0 Å². The molecule has 2 aromatic carbocycles. The molecule has 0 aliphatic rings. The molecule has 0 aliphatic heterocycles. The molecule has 3 heteroatoms. The number of para-hydroxylation sites is 1. The summed E-state index contributed by atoms with van der Waals surface area (Å²) in [6.45, 7) is 2.67. The Balaban J connectivity index is 1.97. The number of hydrogen-bond acceptors (Lipinski definition) is 2. The van der Waals surface area contributed by atoms with Gasteiger partial charge in [-0.3, -0.25) is 4.57 Å². The molecule has 0 amide bonds. The van der Waals surface area contributed by atoms with Crippen LogP contribution < -0.4 is 4.74 Å². The monoisotopic (exact) mass is 264 g/mol. The van der Waals surface area contributed by atoms with Gasteiger partial charge < -0.3 is 4.74 Å². The predicted octanol–water partition coefficient (Wildman–Crippen LogP) is 3.94. The van der Waals surface area contributed by atoms with Crippen LogP contribution in [0.4, 0.5) is 0 Å². The fourth-order valence-electron chi connectivity index (χ4n) is 2.19. The predicted molar refractivity (Wildman–Crippen MR) is 80.2 cm³/mol. The quantitative estimate of drug-likeness (QED) is 0.713. The van der Waals surface area contributed by atoms with Crippen molar-refractivity contribution in [1.82, 2.24) is 9.55 Å². The van der Waals surface area contributed by atoms with Crippen molar-refractivity contribution in [2.24, 2.45) is 0 Å². The maximum atomic E-state index is 5.47. The summed E-state index contributed by atoms with van der Waals surface area (Å²) in [5.41, 5.74) is 3.29. The first-order chi connectivity index (χ1) is 9.88. The molecule has 0 fully saturated rings. The molecule has 100 valence electrons. The summed E-state index contributed by atoms with van der Waals surface area (Å²) >= 11 is 0. The van der Waals surface area contributed by atoms with Crippen molar-refractivity contribution in [2.75, 3.05) is 6.61 Å². The SMILES string of the molecule is CCOc1ccc(-c2cncn2-c2ccccc2)cc1. The van der Waals surface area contributed by atoms with Gasteiger partial charge in [-0.2, -0.15) is 0 Å². The molecule has 0 spiro atoms. The third-order valence-corrected chi connectivity index (χ3v) is 3.13. The van der Waals surface area contributed by atoms with E-state index in [1.54, 1.807) is 0 Å². The fourth-order valence-corrected chi connectivity index (χ4v) is 2.19. The normalized spacial score (nSPS) is 10.4. The number of nitrogens with zero attached hydrogens (tertiary/aromatic N) is 2. The Bertz CT molecular complexity index is 672. The summed E-state index contributed by atoms with van der Waals surface area (Å²) < 4.78 is 7.55. The summed E-state index contributed by atoms with van der Waals surface area (Å²) in [5, 5.41) is 0. The highest BCUT2D eigenvalue weighted by Gasteiger charge is 2.06. The van der Waals surface area contributed by atoms with Gasteiger partial charge in [0.05, 0.1) is 24.8 Å². The molecule has 0 atom stereocenters. The van der Waals surface area contributed by atoms with Gasteiger partial charge in [0.2, 0.25) is 0 Å². The zero-order valence-corrected chi connectivity index (χ0v) is 11.4. The average Bonchev–Trinajstić information content (AvgIpc) is 2.99. The second kappa shape index (κ2) is 5.61. The van der Waals surface area contributed by atoms with Gasteiger partial charge in [0.1, 0.15) is 5.75 Å². The van der Waals surface area contributed by atoms with E-state index in [9.17, 15) is 0 Å². The number of ether oxygens (including phenoxy) is 1. The number of imidazole rings is 1. The largest absolute Gasteiger partial charge is 0.494 e. The maximum absolute atomic E-state index is 5.47. The van der Waals surface area contributed by atoms with Crippen LogP contribution in [0.2, 0.25) is 0 Å². The summed E-state index contributed by atoms with van der Waals surface area (Å²) in [6, 6.07) is 18.3. The van der Waals surface area contributed by atoms with Crippen LogP contribution in [0.25, 0.3) is 16.9 Å². The summed E-state index contributed by atoms with van der Waals surface area (Å²) in [7, 11) is 0. The number of aromatic nitrogens is 2. The Morgan fingerprint density at radius 1 is 1.00 bits per heavy atom. The van der Waals surface area contributed by atoms with Crippen molar-refractivity contribution in [3.05, 3.63) is 67.1 Å². The first-order valence-corrected chi connectivity index (χ1v) is 6.69. The van der Waals surface area contributed by atoms with Gasteiger partial charge in [-0.05, 0) is 43.3 Å². The van der Waals surface area contributed by atoms with E-state index in [0.29, 0.717) is 6.61 Å². The molecule has 0 radical (unpaired) electrons. The van der Waals surface area contributed by atoms with E-state index in [0.717, 1.165) is 22.7 Å². The van der Waals surface area contributed by atoms with Crippen LogP contribution in [0, 0.1) is 0 Å². The van der Waals surface area contributed by atoms with Crippen LogP contribution in [-0.4, -0.2) is 16.2 Å². The highest BCUT2D eigenvalue weighted by molar-refractivity contribution is 5.62. The van der Waals surface area contributed by atoms with Gasteiger partial charge in [-0.1, -0.05) is 18.2 Å². The molecular weight excluding hydrogens is 248 g/mol. The third kappa shape index (κ3) is 2.43. The minimum Gasteiger partial charge on any atom is -0.494 e. The molecule has 3 rings (SSSR count). The lowest BCUT2D eigenvalue weighted by atomic mass is 10.1. The zero-order valence-electron chi connectivity index (χ0n) is 11.4. The van der Waals surface area contributed by atoms with Crippen molar-refractivity contribution in [3.63, 3.8) is 0 Å². The molecule has 0 unspecified atom stereocenters. The summed E-state index contributed by atoms with van der Waals surface area (Å²) in [6.07, 6.45) is 3.71. The van der Waals surface area contributed by atoms with Gasteiger partial charge >= 0.3 is 0 Å². The van der Waals surface area contributed by atoms with Gasteiger partial charge in [0.15, 0.2) is 0 Å². The molecule has 0 saturated heterocycles. The molecule has 0 N–H and O–H groups in total. The molecule has 0 aliphatic carbocycles. The van der Waals surface area contributed by atoms with Gasteiger partial charge in [0, 0.05) is 11.3 Å². The zero-order chi connectivity index (χ0) is 13.8. The lowest BCUT2D eigenvalue weighted by molar-refractivity contribution is 0.340. The topological polar surface area (TPSA) is 27.1 Å². The van der Waals surface area contributed by atoms with Gasteiger partial charge in [0.25, 0.3) is 0 Å². The van der Waals surface area contributed by atoms with Crippen LogP contribution >= 0.6 is 0 Å². The van der Waals surface area contributed by atoms with E-state index in [1.807, 2.05) is 49.8 Å². The Hall–Kier alpha value is -2.55. The van der Waals surface area contributed by atoms with Crippen molar-refractivity contribution in [2.45, 2.75) is 6.92 Å². The maximum Gasteiger partial charge on any atom is 0.119 e. The van der Waals surface area contributed by atoms with E-state index in [1.165, 1.54) is 0 Å². The van der Waals surface area contributed by atoms with E-state index in [2.05, 4.69) is 33.8 Å². The molecular formula is C17H16N2O. The minimum atomic E-state index is 0.682. The van der Waals surface area contributed by atoms with Crippen molar-refractivity contribution >= 4 is 0 Å². The smallest absolute Gasteiger partial charge is 0.119 e. The first kappa shape index (κ1) is 12.5. The number of hydrogen-bond donors (Lipinski definition) is 0. The van der Waals surface area contributed by atoms with Crippen LogP contribution in [0.5, 0.6) is 5.75 Å². The van der Waals surface area contributed by atoms with E-state index >= 15 is 0 Å².